The molecule has 9 nitrogen and oxygen atoms in total. The number of nitrogens with two attached hydrogens (primary N) is 1. The average Bonchev–Trinajstić information content (AvgIpc) is 3.18. The second-order valence-corrected chi connectivity index (χ2v) is 6.75. The van der Waals surface area contributed by atoms with Gasteiger partial charge >= 0.3 is 12.1 Å². The molecule has 11 heteroatoms. The zero-order valence-corrected chi connectivity index (χ0v) is 15.2. The minimum atomic E-state index is -0.826. The first-order chi connectivity index (χ1) is 13.2. The number of carbonyl (C=O) groups excluding carboxylic acids is 3. The van der Waals surface area contributed by atoms with Crippen molar-refractivity contribution in [2.75, 3.05) is 36.0 Å². The molecule has 2 fully saturated rings. The topological polar surface area (TPSA) is 117 Å². The van der Waals surface area contributed by atoms with Gasteiger partial charge in [-0.1, -0.05) is 0 Å². The Morgan fingerprint density at radius 1 is 1.29 bits per heavy atom. The summed E-state index contributed by atoms with van der Waals surface area (Å²) in [6, 6.07) is 1.15. The molecular formula is C17H21F2N5O4. The fraction of sp³-hybridized carbons (Fsp3) is 0.471. The highest BCUT2D eigenvalue weighted by Gasteiger charge is 2.34. The fourth-order valence-corrected chi connectivity index (χ4v) is 3.39. The number of nitrogens with one attached hydrogen (secondary N) is 2. The Kier molecular flexibility index (Phi) is 5.52. The predicted molar refractivity (Wildman–Crippen MR) is 96.0 cm³/mol. The monoisotopic (exact) mass is 397 g/mol. The van der Waals surface area contributed by atoms with E-state index >= 15 is 0 Å². The summed E-state index contributed by atoms with van der Waals surface area (Å²) < 4.78 is 34.4. The van der Waals surface area contributed by atoms with Crippen LogP contribution in [-0.4, -0.2) is 56.4 Å². The average molecular weight is 397 g/mol. The summed E-state index contributed by atoms with van der Waals surface area (Å²) in [5.41, 5.74) is 4.88. The largest absolute Gasteiger partial charge is 0.442 e. The van der Waals surface area contributed by atoms with Gasteiger partial charge in [0.1, 0.15) is 11.8 Å². The van der Waals surface area contributed by atoms with Crippen LogP contribution in [0.3, 0.4) is 0 Å². The van der Waals surface area contributed by atoms with Gasteiger partial charge in [0.15, 0.2) is 11.6 Å². The van der Waals surface area contributed by atoms with Gasteiger partial charge in [0.05, 0.1) is 18.8 Å². The van der Waals surface area contributed by atoms with Crippen LogP contribution in [-0.2, 0) is 9.53 Å². The van der Waals surface area contributed by atoms with Crippen LogP contribution in [0.15, 0.2) is 12.1 Å². The first-order valence-electron chi connectivity index (χ1n) is 8.77. The molecule has 0 spiro atoms. The van der Waals surface area contributed by atoms with E-state index in [1.165, 1.54) is 11.8 Å². The molecule has 4 amide bonds. The number of cyclic esters (lactones) is 1. The Labute approximate surface area is 159 Å². The van der Waals surface area contributed by atoms with Crippen molar-refractivity contribution in [2.24, 2.45) is 5.73 Å². The number of halogens is 2. The van der Waals surface area contributed by atoms with E-state index in [0.29, 0.717) is 13.0 Å². The molecule has 28 heavy (non-hydrogen) atoms. The quantitative estimate of drug-likeness (QED) is 0.675. The Bertz CT molecular complexity index is 783. The van der Waals surface area contributed by atoms with Gasteiger partial charge in [0.25, 0.3) is 0 Å². The summed E-state index contributed by atoms with van der Waals surface area (Å²) in [6.45, 7) is 2.08. The van der Waals surface area contributed by atoms with Crippen LogP contribution in [0.4, 0.5) is 29.7 Å². The van der Waals surface area contributed by atoms with Crippen molar-refractivity contribution < 1.29 is 27.9 Å². The lowest BCUT2D eigenvalue weighted by Crippen LogP contribution is -2.40. The summed E-state index contributed by atoms with van der Waals surface area (Å²) in [5.74, 6) is -1.92. The highest BCUT2D eigenvalue weighted by molar-refractivity contribution is 5.90. The molecule has 2 atom stereocenters. The second-order valence-electron chi connectivity index (χ2n) is 6.75. The summed E-state index contributed by atoms with van der Waals surface area (Å²) >= 11 is 0. The number of anilines is 2. The van der Waals surface area contributed by atoms with E-state index in [0.717, 1.165) is 17.0 Å². The molecule has 2 saturated heterocycles. The molecular weight excluding hydrogens is 376 g/mol. The van der Waals surface area contributed by atoms with E-state index in [4.69, 9.17) is 10.5 Å². The second kappa shape index (κ2) is 7.87. The molecule has 0 aromatic heterocycles. The Morgan fingerprint density at radius 3 is 2.57 bits per heavy atom. The summed E-state index contributed by atoms with van der Waals surface area (Å²) in [4.78, 5) is 36.5. The van der Waals surface area contributed by atoms with E-state index in [2.05, 4.69) is 10.6 Å². The SMILES string of the molecule is CC(=O)NC[C@H]1CN(c2cc(F)c(N3CCC(NC(N)=O)C3)c(F)c2)C(=O)O1. The maximum absolute atomic E-state index is 14.7. The van der Waals surface area contributed by atoms with Gasteiger partial charge in [-0.05, 0) is 6.42 Å². The number of benzene rings is 1. The van der Waals surface area contributed by atoms with E-state index in [-0.39, 0.29) is 43.0 Å². The van der Waals surface area contributed by atoms with Crippen LogP contribution >= 0.6 is 0 Å². The molecule has 1 aromatic carbocycles. The number of ether oxygens (including phenoxy) is 1. The highest BCUT2D eigenvalue weighted by atomic mass is 19.1. The Morgan fingerprint density at radius 2 is 1.96 bits per heavy atom. The number of hydrogen-bond donors (Lipinski definition) is 3. The third-order valence-corrected chi connectivity index (χ3v) is 4.62. The third-order valence-electron chi connectivity index (χ3n) is 4.62. The van der Waals surface area contributed by atoms with Crippen molar-refractivity contribution in [1.82, 2.24) is 10.6 Å². The Balaban J connectivity index is 1.73. The minimum Gasteiger partial charge on any atom is -0.442 e. The first-order valence-corrected chi connectivity index (χ1v) is 8.77. The highest BCUT2D eigenvalue weighted by Crippen LogP contribution is 2.32. The number of amides is 4. The van der Waals surface area contributed by atoms with Crippen LogP contribution in [0, 0.1) is 11.6 Å². The lowest BCUT2D eigenvalue weighted by atomic mass is 10.2. The van der Waals surface area contributed by atoms with Crippen molar-refractivity contribution in [3.63, 3.8) is 0 Å². The van der Waals surface area contributed by atoms with Gasteiger partial charge in [-0.2, -0.15) is 0 Å². The summed E-state index contributed by atoms with van der Waals surface area (Å²) in [5, 5.41) is 5.05. The molecule has 4 N–H and O–H groups in total. The van der Waals surface area contributed by atoms with Crippen molar-refractivity contribution >= 4 is 29.4 Å². The van der Waals surface area contributed by atoms with E-state index < -0.39 is 29.9 Å². The zero-order valence-electron chi connectivity index (χ0n) is 15.2. The van der Waals surface area contributed by atoms with Gasteiger partial charge in [-0.25, -0.2) is 18.4 Å². The third kappa shape index (κ3) is 4.24. The lowest BCUT2D eigenvalue weighted by molar-refractivity contribution is -0.119. The van der Waals surface area contributed by atoms with Gasteiger partial charge in [-0.15, -0.1) is 0 Å². The number of nitrogens with zero attached hydrogens (tertiary/aromatic N) is 2. The van der Waals surface area contributed by atoms with E-state index in [1.807, 2.05) is 0 Å². The fourth-order valence-electron chi connectivity index (χ4n) is 3.39. The molecule has 0 radical (unpaired) electrons. The number of urea groups is 1. The molecule has 0 saturated carbocycles. The van der Waals surface area contributed by atoms with Gasteiger partial charge < -0.3 is 26.0 Å². The van der Waals surface area contributed by atoms with E-state index in [9.17, 15) is 23.2 Å². The number of hydrogen-bond acceptors (Lipinski definition) is 5. The smallest absolute Gasteiger partial charge is 0.414 e. The van der Waals surface area contributed by atoms with Crippen molar-refractivity contribution in [3.8, 4) is 0 Å². The van der Waals surface area contributed by atoms with Crippen molar-refractivity contribution in [3.05, 3.63) is 23.8 Å². The molecule has 0 bridgehead atoms. The summed E-state index contributed by atoms with van der Waals surface area (Å²) in [6.07, 6.45) is -0.845. The van der Waals surface area contributed by atoms with Gasteiger partial charge in [-0.3, -0.25) is 9.69 Å². The summed E-state index contributed by atoms with van der Waals surface area (Å²) in [7, 11) is 0. The lowest BCUT2D eigenvalue weighted by Gasteiger charge is -2.22. The van der Waals surface area contributed by atoms with E-state index in [1.54, 1.807) is 0 Å². The standard InChI is InChI=1S/C17H21F2N5O4/c1-9(25)21-6-12-8-24(17(27)28-12)11-4-13(18)15(14(19)5-11)23-3-2-10(7-23)22-16(20)26/h4-5,10,12H,2-3,6-8H2,1H3,(H,21,25)(H3,20,22,26)/t10?,12-/m0/s1. The van der Waals surface area contributed by atoms with Crippen LogP contribution in [0.1, 0.15) is 13.3 Å². The molecule has 2 aliphatic rings. The van der Waals surface area contributed by atoms with Gasteiger partial charge in [0, 0.05) is 38.2 Å². The molecule has 1 unspecified atom stereocenters. The zero-order chi connectivity index (χ0) is 20.4. The van der Waals surface area contributed by atoms with Crippen LogP contribution in [0.5, 0.6) is 0 Å². The number of primary amides is 1. The minimum absolute atomic E-state index is 0.0279. The molecule has 3 rings (SSSR count). The molecule has 2 aliphatic heterocycles. The van der Waals surface area contributed by atoms with Crippen molar-refractivity contribution in [1.29, 1.82) is 0 Å². The van der Waals surface area contributed by atoms with Crippen LogP contribution in [0.25, 0.3) is 0 Å². The number of rotatable bonds is 5. The maximum Gasteiger partial charge on any atom is 0.414 e. The maximum atomic E-state index is 14.7. The molecule has 1 aromatic rings. The number of carbonyl (C=O) groups is 3. The van der Waals surface area contributed by atoms with Crippen molar-refractivity contribution in [2.45, 2.75) is 25.5 Å². The predicted octanol–water partition coefficient (Wildman–Crippen LogP) is 0.673. The first kappa shape index (κ1) is 19.6. The molecule has 152 valence electrons. The molecule has 2 heterocycles. The van der Waals surface area contributed by atoms with Crippen LogP contribution in [0.2, 0.25) is 0 Å². The van der Waals surface area contributed by atoms with Gasteiger partial charge in [0.2, 0.25) is 5.91 Å². The Hall–Kier alpha value is -3.11. The van der Waals surface area contributed by atoms with Crippen LogP contribution < -0.4 is 26.2 Å². The normalized spacial score (nSPS) is 21.6. The molecule has 0 aliphatic carbocycles.